The summed E-state index contributed by atoms with van der Waals surface area (Å²) in [6.07, 6.45) is 7.17. The highest BCUT2D eigenvalue weighted by atomic mass is 19.1. The minimum Gasteiger partial charge on any atom is -0.394 e. The SMILES string of the molecule is C/C=C(\C=C(/N)C(=O)Nc1ccc(-c2cc3c(N(CC)CCC)ncnc3[nH]2)c(F)c1)CN(CC)CC(CC)NC. The number of hydrogen-bond acceptors (Lipinski definition) is 7. The Kier molecular flexibility index (Phi) is 11.9. The van der Waals surface area contributed by atoms with E-state index in [0.29, 0.717) is 35.2 Å². The van der Waals surface area contributed by atoms with Crippen LogP contribution in [0.1, 0.15) is 47.5 Å². The van der Waals surface area contributed by atoms with Gasteiger partial charge in [0.25, 0.3) is 5.91 Å². The summed E-state index contributed by atoms with van der Waals surface area (Å²) >= 11 is 0. The average Bonchev–Trinajstić information content (AvgIpc) is 3.41. The van der Waals surface area contributed by atoms with Gasteiger partial charge in [-0.3, -0.25) is 9.69 Å². The van der Waals surface area contributed by atoms with Crippen LogP contribution >= 0.6 is 0 Å². The van der Waals surface area contributed by atoms with Crippen molar-refractivity contribution in [2.24, 2.45) is 5.73 Å². The maximum atomic E-state index is 15.3. The highest BCUT2D eigenvalue weighted by Gasteiger charge is 2.17. The zero-order valence-electron chi connectivity index (χ0n) is 25.2. The smallest absolute Gasteiger partial charge is 0.271 e. The highest BCUT2D eigenvalue weighted by Crippen LogP contribution is 2.31. The molecular formula is C31H45FN8O. The van der Waals surface area contributed by atoms with Gasteiger partial charge in [0, 0.05) is 43.5 Å². The number of nitrogens with zero attached hydrogens (tertiary/aromatic N) is 4. The number of carbonyl (C=O) groups excluding carboxylic acids is 1. The summed E-state index contributed by atoms with van der Waals surface area (Å²) in [6.45, 7) is 14.5. The molecule has 0 saturated carbocycles. The molecule has 1 amide bonds. The van der Waals surface area contributed by atoms with E-state index < -0.39 is 11.7 Å². The summed E-state index contributed by atoms with van der Waals surface area (Å²) in [5.74, 6) is -0.138. The molecule has 2 heterocycles. The van der Waals surface area contributed by atoms with Gasteiger partial charge in [-0.25, -0.2) is 14.4 Å². The molecule has 3 rings (SSSR count). The molecule has 0 aliphatic rings. The number of amides is 1. The highest BCUT2D eigenvalue weighted by molar-refractivity contribution is 6.03. The maximum absolute atomic E-state index is 15.3. The lowest BCUT2D eigenvalue weighted by Gasteiger charge is -2.26. The quantitative estimate of drug-likeness (QED) is 0.151. The third kappa shape index (κ3) is 8.14. The topological polar surface area (TPSA) is 115 Å². The third-order valence-corrected chi connectivity index (χ3v) is 7.30. The standard InChI is InChI=1S/C31H45FN8O/c1-7-14-40(11-5)30-25-17-28(38-29(25)35-20-36-30)24-13-12-23(16-26(24)32)37-31(41)27(33)15-21(8-2)18-39(10-4)19-22(9-3)34-6/h8,12-13,15-17,20,22,34H,7,9-11,14,18-19,33H2,1-6H3,(H,37,41)(H,35,36,38)/b21-8+,27-15-. The first kappa shape index (κ1) is 31.8. The molecule has 3 aromatic rings. The fourth-order valence-electron chi connectivity index (χ4n) is 4.81. The zero-order valence-corrected chi connectivity index (χ0v) is 25.2. The number of fused-ring (bicyclic) bond motifs is 1. The number of likely N-dealkylation sites (N-methyl/N-ethyl adjacent to an activating group) is 2. The van der Waals surface area contributed by atoms with E-state index in [1.807, 2.05) is 26.1 Å². The van der Waals surface area contributed by atoms with Crippen molar-refractivity contribution in [3.8, 4) is 11.3 Å². The Labute approximate surface area is 243 Å². The van der Waals surface area contributed by atoms with Gasteiger partial charge in [0.2, 0.25) is 0 Å². The minimum atomic E-state index is -0.484. The van der Waals surface area contributed by atoms with Crippen LogP contribution in [0.2, 0.25) is 0 Å². The van der Waals surface area contributed by atoms with Gasteiger partial charge in [-0.05, 0) is 76.2 Å². The van der Waals surface area contributed by atoms with Crippen LogP contribution in [0.15, 0.2) is 54.0 Å². The maximum Gasteiger partial charge on any atom is 0.271 e. The fourth-order valence-corrected chi connectivity index (χ4v) is 4.81. The van der Waals surface area contributed by atoms with Crippen LogP contribution in [0, 0.1) is 5.82 Å². The van der Waals surface area contributed by atoms with Crippen molar-refractivity contribution in [3.63, 3.8) is 0 Å². The van der Waals surface area contributed by atoms with Crippen LogP contribution in [0.3, 0.4) is 0 Å². The van der Waals surface area contributed by atoms with E-state index in [1.54, 1.807) is 18.2 Å². The molecule has 0 fully saturated rings. The van der Waals surface area contributed by atoms with Crippen molar-refractivity contribution >= 4 is 28.4 Å². The van der Waals surface area contributed by atoms with E-state index in [9.17, 15) is 4.79 Å². The Bertz CT molecular complexity index is 1360. The predicted octanol–water partition coefficient (Wildman–Crippen LogP) is 5.05. The largest absolute Gasteiger partial charge is 0.394 e. The molecule has 0 radical (unpaired) electrons. The van der Waals surface area contributed by atoms with Crippen LogP contribution < -0.4 is 21.3 Å². The first-order chi connectivity index (χ1) is 19.8. The van der Waals surface area contributed by atoms with E-state index in [-0.39, 0.29) is 5.70 Å². The normalized spacial score (nSPS) is 13.2. The molecule has 41 heavy (non-hydrogen) atoms. The summed E-state index contributed by atoms with van der Waals surface area (Å²) in [5, 5.41) is 6.88. The van der Waals surface area contributed by atoms with Crippen molar-refractivity contribution in [1.82, 2.24) is 25.2 Å². The lowest BCUT2D eigenvalue weighted by Crippen LogP contribution is -2.39. The Morgan fingerprint density at radius 2 is 1.95 bits per heavy atom. The average molecular weight is 565 g/mol. The molecular weight excluding hydrogens is 519 g/mol. The number of anilines is 2. The van der Waals surface area contributed by atoms with Crippen molar-refractivity contribution in [2.75, 3.05) is 50.0 Å². The number of allylic oxidation sites excluding steroid dienone is 1. The molecule has 0 aliphatic carbocycles. The van der Waals surface area contributed by atoms with E-state index in [2.05, 4.69) is 63.1 Å². The number of benzene rings is 1. The van der Waals surface area contributed by atoms with Gasteiger partial charge in [0.1, 0.15) is 23.6 Å². The van der Waals surface area contributed by atoms with Crippen LogP contribution in [-0.4, -0.2) is 71.6 Å². The monoisotopic (exact) mass is 564 g/mol. The van der Waals surface area contributed by atoms with E-state index in [4.69, 9.17) is 5.73 Å². The molecule has 10 heteroatoms. The van der Waals surface area contributed by atoms with Gasteiger partial charge in [0.05, 0.1) is 16.8 Å². The number of hydrogen-bond donors (Lipinski definition) is 4. The van der Waals surface area contributed by atoms with E-state index in [0.717, 1.165) is 55.8 Å². The number of halogens is 1. The zero-order chi connectivity index (χ0) is 29.9. The van der Waals surface area contributed by atoms with Gasteiger partial charge in [0.15, 0.2) is 0 Å². The molecule has 0 saturated heterocycles. The minimum absolute atomic E-state index is 0.0635. The number of nitrogens with two attached hydrogens (primary N) is 1. The number of H-pyrrole nitrogens is 1. The van der Waals surface area contributed by atoms with Crippen LogP contribution in [-0.2, 0) is 4.79 Å². The van der Waals surface area contributed by atoms with Gasteiger partial charge in [-0.15, -0.1) is 0 Å². The second kappa shape index (κ2) is 15.3. The van der Waals surface area contributed by atoms with Crippen LogP contribution in [0.4, 0.5) is 15.9 Å². The van der Waals surface area contributed by atoms with Crippen molar-refractivity contribution in [3.05, 3.63) is 59.8 Å². The van der Waals surface area contributed by atoms with Gasteiger partial charge in [-0.1, -0.05) is 26.8 Å². The van der Waals surface area contributed by atoms with E-state index >= 15 is 4.39 Å². The molecule has 0 spiro atoms. The Morgan fingerprint density at radius 3 is 2.56 bits per heavy atom. The number of carbonyl (C=O) groups is 1. The Hall–Kier alpha value is -3.76. The van der Waals surface area contributed by atoms with Gasteiger partial charge in [-0.2, -0.15) is 0 Å². The molecule has 0 bridgehead atoms. The molecule has 5 N–H and O–H groups in total. The Morgan fingerprint density at radius 1 is 1.17 bits per heavy atom. The molecule has 0 aliphatic heterocycles. The van der Waals surface area contributed by atoms with Crippen LogP contribution in [0.25, 0.3) is 22.3 Å². The second-order valence-electron chi connectivity index (χ2n) is 10.1. The van der Waals surface area contributed by atoms with Crippen molar-refractivity contribution in [1.29, 1.82) is 0 Å². The summed E-state index contributed by atoms with van der Waals surface area (Å²) in [4.78, 5) is 29.4. The summed E-state index contributed by atoms with van der Waals surface area (Å²) in [5.41, 5.74) is 9.08. The van der Waals surface area contributed by atoms with Crippen LogP contribution in [0.5, 0.6) is 0 Å². The summed E-state index contributed by atoms with van der Waals surface area (Å²) < 4.78 is 15.3. The molecule has 1 atom stereocenters. The van der Waals surface area contributed by atoms with E-state index in [1.165, 1.54) is 12.4 Å². The lowest BCUT2D eigenvalue weighted by atomic mass is 10.1. The second-order valence-corrected chi connectivity index (χ2v) is 10.1. The summed E-state index contributed by atoms with van der Waals surface area (Å²) in [6, 6.07) is 6.86. The molecule has 1 aromatic carbocycles. The van der Waals surface area contributed by atoms with Crippen molar-refractivity contribution in [2.45, 2.75) is 53.5 Å². The molecule has 2 aromatic heterocycles. The first-order valence-electron chi connectivity index (χ1n) is 14.5. The fraction of sp³-hybridized carbons (Fsp3) is 0.452. The summed E-state index contributed by atoms with van der Waals surface area (Å²) in [7, 11) is 1.97. The van der Waals surface area contributed by atoms with Gasteiger partial charge < -0.3 is 26.3 Å². The third-order valence-electron chi connectivity index (χ3n) is 7.30. The molecule has 222 valence electrons. The number of aromatic nitrogens is 3. The number of nitrogens with one attached hydrogen (secondary N) is 3. The molecule has 9 nitrogen and oxygen atoms in total. The number of rotatable bonds is 15. The van der Waals surface area contributed by atoms with Gasteiger partial charge >= 0.3 is 0 Å². The Balaban J connectivity index is 1.75. The predicted molar refractivity (Wildman–Crippen MR) is 167 cm³/mol. The molecule has 1 unspecified atom stereocenters. The first-order valence-corrected chi connectivity index (χ1v) is 14.5. The number of aromatic amines is 1. The lowest BCUT2D eigenvalue weighted by molar-refractivity contribution is -0.112. The van der Waals surface area contributed by atoms with Crippen molar-refractivity contribution < 1.29 is 9.18 Å².